The van der Waals surface area contributed by atoms with Gasteiger partial charge in [0.05, 0.1) is 21.5 Å². The van der Waals surface area contributed by atoms with Crippen molar-refractivity contribution < 1.29 is 13.2 Å². The van der Waals surface area contributed by atoms with Crippen LogP contribution in [0.5, 0.6) is 5.75 Å². The number of unbranched alkanes of at least 4 members (excludes halogenated alkanes) is 3. The molecule has 0 aliphatic rings. The summed E-state index contributed by atoms with van der Waals surface area (Å²) < 4.78 is 27.9. The van der Waals surface area contributed by atoms with Crippen LogP contribution in [0.15, 0.2) is 17.0 Å². The van der Waals surface area contributed by atoms with Crippen molar-refractivity contribution >= 4 is 42.9 Å². The van der Waals surface area contributed by atoms with Crippen LogP contribution >= 0.6 is 33.9 Å². The molecule has 0 aromatic heterocycles. The number of benzene rings is 1. The predicted molar refractivity (Wildman–Crippen MR) is 79.1 cm³/mol. The summed E-state index contributed by atoms with van der Waals surface area (Å²) in [6, 6.07) is 2.47. The lowest BCUT2D eigenvalue weighted by Crippen LogP contribution is -2.00. The summed E-state index contributed by atoms with van der Waals surface area (Å²) in [5.41, 5.74) is 0. The van der Waals surface area contributed by atoms with Crippen LogP contribution in [0.4, 0.5) is 0 Å². The minimum absolute atomic E-state index is 0.137. The Morgan fingerprint density at radius 2 is 1.68 bits per heavy atom. The van der Waals surface area contributed by atoms with E-state index in [1.54, 1.807) is 0 Å². The number of hydrogen-bond acceptors (Lipinski definition) is 3. The lowest BCUT2D eigenvalue weighted by atomic mass is 10.2. The van der Waals surface area contributed by atoms with Crippen LogP contribution in [0.3, 0.4) is 0 Å². The molecule has 0 bridgehead atoms. The van der Waals surface area contributed by atoms with Gasteiger partial charge in [0.15, 0.2) is 5.75 Å². The molecule has 0 N–H and O–H groups in total. The Hall–Kier alpha value is -0.160. The highest BCUT2D eigenvalue weighted by Gasteiger charge is 2.16. The summed E-state index contributed by atoms with van der Waals surface area (Å²) in [5.74, 6) is 0.295. The van der Waals surface area contributed by atoms with Gasteiger partial charge in [0.25, 0.3) is 9.05 Å². The molecule has 0 unspecified atom stereocenters. The number of rotatable bonds is 7. The normalized spacial score (nSPS) is 11.6. The maximum absolute atomic E-state index is 11.2. The third-order valence-corrected chi connectivity index (χ3v) is 4.39. The zero-order valence-electron chi connectivity index (χ0n) is 10.5. The Balaban J connectivity index is 2.75. The van der Waals surface area contributed by atoms with E-state index in [9.17, 15) is 8.42 Å². The molecule has 0 aliphatic heterocycles. The zero-order chi connectivity index (χ0) is 14.5. The molecule has 0 saturated carbocycles. The number of halogens is 3. The van der Waals surface area contributed by atoms with Crippen molar-refractivity contribution in [2.24, 2.45) is 0 Å². The molecule has 1 rings (SSSR count). The molecule has 0 amide bonds. The van der Waals surface area contributed by atoms with E-state index in [4.69, 9.17) is 38.6 Å². The molecule has 19 heavy (non-hydrogen) atoms. The van der Waals surface area contributed by atoms with E-state index in [1.165, 1.54) is 12.1 Å². The van der Waals surface area contributed by atoms with Gasteiger partial charge in [-0.1, -0.05) is 49.4 Å². The summed E-state index contributed by atoms with van der Waals surface area (Å²) in [6.07, 6.45) is 4.26. The first kappa shape index (κ1) is 16.9. The highest BCUT2D eigenvalue weighted by atomic mass is 35.7. The quantitative estimate of drug-likeness (QED) is 0.522. The molecule has 1 aromatic carbocycles. The minimum Gasteiger partial charge on any atom is -0.490 e. The molecule has 3 nitrogen and oxygen atoms in total. The third-order valence-electron chi connectivity index (χ3n) is 2.50. The summed E-state index contributed by atoms with van der Waals surface area (Å²) in [4.78, 5) is -0.137. The minimum atomic E-state index is -3.85. The Morgan fingerprint density at radius 1 is 1.11 bits per heavy atom. The van der Waals surface area contributed by atoms with Gasteiger partial charge in [-0.2, -0.15) is 0 Å². The first-order valence-corrected chi connectivity index (χ1v) is 8.99. The fraction of sp³-hybridized carbons (Fsp3) is 0.500. The first-order valence-electron chi connectivity index (χ1n) is 5.92. The molecular weight excluding hydrogens is 331 g/mol. The summed E-state index contributed by atoms with van der Waals surface area (Å²) in [5, 5.41) is 0.282. The van der Waals surface area contributed by atoms with Gasteiger partial charge in [-0.05, 0) is 18.6 Å². The second-order valence-corrected chi connectivity index (χ2v) is 7.44. The van der Waals surface area contributed by atoms with Crippen molar-refractivity contribution in [1.82, 2.24) is 0 Å². The van der Waals surface area contributed by atoms with Gasteiger partial charge in [0.1, 0.15) is 0 Å². The smallest absolute Gasteiger partial charge is 0.261 e. The Bertz CT molecular complexity index is 506. The van der Waals surface area contributed by atoms with E-state index < -0.39 is 9.05 Å². The van der Waals surface area contributed by atoms with Crippen molar-refractivity contribution in [3.63, 3.8) is 0 Å². The van der Waals surface area contributed by atoms with Gasteiger partial charge in [0.2, 0.25) is 0 Å². The van der Waals surface area contributed by atoms with Crippen LogP contribution in [-0.2, 0) is 9.05 Å². The topological polar surface area (TPSA) is 43.4 Å². The molecule has 0 atom stereocenters. The molecule has 0 saturated heterocycles. The first-order chi connectivity index (χ1) is 8.86. The predicted octanol–water partition coefficient (Wildman–Crippen LogP) is 4.88. The van der Waals surface area contributed by atoms with Crippen LogP contribution in [-0.4, -0.2) is 15.0 Å². The largest absolute Gasteiger partial charge is 0.490 e. The standard InChI is InChI=1S/C12H15Cl3O3S/c1-2-3-4-5-6-18-12-10(13)7-9(8-11(12)14)19(15,16)17/h7-8H,2-6H2,1H3. The van der Waals surface area contributed by atoms with Crippen LogP contribution in [0, 0.1) is 0 Å². The van der Waals surface area contributed by atoms with E-state index in [0.29, 0.717) is 12.4 Å². The van der Waals surface area contributed by atoms with Crippen molar-refractivity contribution in [2.75, 3.05) is 6.61 Å². The maximum Gasteiger partial charge on any atom is 0.261 e. The van der Waals surface area contributed by atoms with Crippen molar-refractivity contribution in [1.29, 1.82) is 0 Å². The molecule has 0 fully saturated rings. The van der Waals surface area contributed by atoms with Gasteiger partial charge < -0.3 is 4.74 Å². The van der Waals surface area contributed by atoms with E-state index in [0.717, 1.165) is 25.7 Å². The van der Waals surface area contributed by atoms with E-state index in [1.807, 2.05) is 0 Å². The highest BCUT2D eigenvalue weighted by Crippen LogP contribution is 2.36. The second-order valence-electron chi connectivity index (χ2n) is 4.06. The van der Waals surface area contributed by atoms with Crippen LogP contribution in [0.1, 0.15) is 32.6 Å². The van der Waals surface area contributed by atoms with Gasteiger partial charge in [-0.15, -0.1) is 0 Å². The zero-order valence-corrected chi connectivity index (χ0v) is 13.5. The van der Waals surface area contributed by atoms with E-state index in [-0.39, 0.29) is 14.9 Å². The lowest BCUT2D eigenvalue weighted by molar-refractivity contribution is 0.305. The van der Waals surface area contributed by atoms with Crippen LogP contribution < -0.4 is 4.74 Å². The van der Waals surface area contributed by atoms with Gasteiger partial charge in [-0.3, -0.25) is 0 Å². The SMILES string of the molecule is CCCCCCOc1c(Cl)cc(S(=O)(=O)Cl)cc1Cl. The summed E-state index contributed by atoms with van der Waals surface area (Å²) in [6.45, 7) is 2.62. The maximum atomic E-state index is 11.2. The van der Waals surface area contributed by atoms with Gasteiger partial charge in [-0.25, -0.2) is 8.42 Å². The average molecular weight is 346 g/mol. The molecule has 7 heteroatoms. The number of ether oxygens (including phenoxy) is 1. The Kier molecular flexibility index (Phi) is 6.74. The molecule has 1 aromatic rings. The Labute approximate surface area is 128 Å². The molecule has 108 valence electrons. The monoisotopic (exact) mass is 344 g/mol. The summed E-state index contributed by atoms with van der Waals surface area (Å²) >= 11 is 11.9. The highest BCUT2D eigenvalue weighted by molar-refractivity contribution is 8.13. The van der Waals surface area contributed by atoms with Crippen molar-refractivity contribution in [3.8, 4) is 5.75 Å². The van der Waals surface area contributed by atoms with Gasteiger partial charge in [0, 0.05) is 10.7 Å². The van der Waals surface area contributed by atoms with Crippen LogP contribution in [0.25, 0.3) is 0 Å². The van der Waals surface area contributed by atoms with Gasteiger partial charge >= 0.3 is 0 Å². The fourth-order valence-corrected chi connectivity index (χ4v) is 3.03. The molecule has 0 heterocycles. The summed E-state index contributed by atoms with van der Waals surface area (Å²) in [7, 11) is 1.38. The molecule has 0 spiro atoms. The Morgan fingerprint density at radius 3 is 2.16 bits per heavy atom. The molecular formula is C12H15Cl3O3S. The average Bonchev–Trinajstić information content (AvgIpc) is 2.30. The molecule has 0 aliphatic carbocycles. The van der Waals surface area contributed by atoms with Crippen LogP contribution in [0.2, 0.25) is 10.0 Å². The second kappa shape index (κ2) is 7.58. The third kappa shape index (κ3) is 5.38. The van der Waals surface area contributed by atoms with Crippen molar-refractivity contribution in [3.05, 3.63) is 22.2 Å². The van der Waals surface area contributed by atoms with E-state index >= 15 is 0 Å². The lowest BCUT2D eigenvalue weighted by Gasteiger charge is -2.10. The number of hydrogen-bond donors (Lipinski definition) is 0. The van der Waals surface area contributed by atoms with Crippen molar-refractivity contribution in [2.45, 2.75) is 37.5 Å². The van der Waals surface area contributed by atoms with E-state index in [2.05, 4.69) is 6.92 Å². The fourth-order valence-electron chi connectivity index (χ4n) is 1.52. The molecule has 0 radical (unpaired) electrons.